The molecule has 0 amide bonds. The molecule has 31 heavy (non-hydrogen) atoms. The summed E-state index contributed by atoms with van der Waals surface area (Å²) in [5.74, 6) is -0.512. The van der Waals surface area contributed by atoms with Gasteiger partial charge in [-0.3, -0.25) is 4.79 Å². The minimum Gasteiger partial charge on any atom is -0.402 e. The minimum atomic E-state index is -0.544. The van der Waals surface area contributed by atoms with E-state index in [4.69, 9.17) is 4.74 Å². The summed E-state index contributed by atoms with van der Waals surface area (Å²) in [5.41, 5.74) is 2.93. The summed E-state index contributed by atoms with van der Waals surface area (Å²) in [4.78, 5) is 28.9. The maximum Gasteiger partial charge on any atom is 0.363 e. The van der Waals surface area contributed by atoms with E-state index in [1.165, 1.54) is 11.6 Å². The number of benzene rings is 3. The maximum absolute atomic E-state index is 12.6. The van der Waals surface area contributed by atoms with Crippen molar-refractivity contribution in [1.82, 2.24) is 9.78 Å². The number of fused-ring (bicyclic) bond motifs is 1. The van der Waals surface area contributed by atoms with Gasteiger partial charge in [0.25, 0.3) is 0 Å². The van der Waals surface area contributed by atoms with Gasteiger partial charge in [-0.25, -0.2) is 14.5 Å². The van der Waals surface area contributed by atoms with E-state index in [0.717, 1.165) is 21.9 Å². The molecule has 3 aromatic carbocycles. The van der Waals surface area contributed by atoms with Gasteiger partial charge < -0.3 is 4.74 Å². The van der Waals surface area contributed by atoms with Crippen LogP contribution in [-0.2, 0) is 9.53 Å². The van der Waals surface area contributed by atoms with Crippen LogP contribution in [0.3, 0.4) is 0 Å². The molecule has 1 aliphatic rings. The second kappa shape index (κ2) is 7.50. The average molecular weight is 407 g/mol. The van der Waals surface area contributed by atoms with Gasteiger partial charge in [-0.1, -0.05) is 66.7 Å². The number of hydrogen-bond acceptors (Lipinski definition) is 5. The van der Waals surface area contributed by atoms with Crippen LogP contribution in [0.5, 0.6) is 0 Å². The van der Waals surface area contributed by atoms with Crippen LogP contribution < -0.4 is 0 Å². The van der Waals surface area contributed by atoms with E-state index in [1.807, 2.05) is 72.8 Å². The minimum absolute atomic E-state index is 0.156. The van der Waals surface area contributed by atoms with Gasteiger partial charge in [-0.15, -0.1) is 0 Å². The molecular weight excluding hydrogens is 390 g/mol. The van der Waals surface area contributed by atoms with Crippen molar-refractivity contribution in [3.63, 3.8) is 0 Å². The molecule has 0 saturated heterocycles. The molecule has 6 nitrogen and oxygen atoms in total. The molecule has 1 aromatic heterocycles. The van der Waals surface area contributed by atoms with E-state index in [0.29, 0.717) is 11.3 Å². The van der Waals surface area contributed by atoms with Gasteiger partial charge in [-0.2, -0.15) is 5.10 Å². The SMILES string of the molecule is CC(=O)n1cc(/C=C2/N=C(c3cccc4ccccc34)OC2=O)c(-c2ccccc2)n1. The standard InChI is InChI=1S/C25H17N3O3/c1-16(29)28-15-19(23(27-28)18-9-3-2-4-10-18)14-22-25(30)31-24(26-22)21-13-7-11-17-8-5-6-12-20(17)21/h2-15H,1H3/b22-14+. The smallest absolute Gasteiger partial charge is 0.363 e. The molecule has 0 atom stereocenters. The largest absolute Gasteiger partial charge is 0.402 e. The predicted molar refractivity (Wildman–Crippen MR) is 119 cm³/mol. The molecule has 150 valence electrons. The first kappa shape index (κ1) is 18.7. The van der Waals surface area contributed by atoms with E-state index in [-0.39, 0.29) is 17.5 Å². The molecule has 0 spiro atoms. The number of esters is 1. The molecule has 0 fully saturated rings. The summed E-state index contributed by atoms with van der Waals surface area (Å²) < 4.78 is 6.74. The zero-order valence-corrected chi connectivity index (χ0v) is 16.6. The molecule has 5 rings (SSSR count). The maximum atomic E-state index is 12.6. The fourth-order valence-electron chi connectivity index (χ4n) is 3.56. The monoisotopic (exact) mass is 407 g/mol. The molecule has 1 aliphatic heterocycles. The zero-order chi connectivity index (χ0) is 21.4. The third kappa shape index (κ3) is 3.44. The Kier molecular flexibility index (Phi) is 4.52. The van der Waals surface area contributed by atoms with Gasteiger partial charge in [0.05, 0.1) is 0 Å². The molecule has 0 N–H and O–H groups in total. The number of aromatic nitrogens is 2. The Morgan fingerprint density at radius 3 is 2.52 bits per heavy atom. The fourth-order valence-corrected chi connectivity index (χ4v) is 3.56. The van der Waals surface area contributed by atoms with Crippen LogP contribution in [0.1, 0.15) is 22.8 Å². The highest BCUT2D eigenvalue weighted by Crippen LogP contribution is 2.28. The van der Waals surface area contributed by atoms with Crippen molar-refractivity contribution < 1.29 is 14.3 Å². The van der Waals surface area contributed by atoms with Gasteiger partial charge in [0.2, 0.25) is 11.8 Å². The average Bonchev–Trinajstić information content (AvgIpc) is 3.38. The van der Waals surface area contributed by atoms with Crippen molar-refractivity contribution in [3.8, 4) is 11.3 Å². The topological polar surface area (TPSA) is 73.6 Å². The Morgan fingerprint density at radius 1 is 0.968 bits per heavy atom. The number of aliphatic imine (C=N–C) groups is 1. The van der Waals surface area contributed by atoms with E-state index in [2.05, 4.69) is 10.1 Å². The van der Waals surface area contributed by atoms with Crippen LogP contribution in [0.2, 0.25) is 0 Å². The van der Waals surface area contributed by atoms with Crippen LogP contribution in [0.15, 0.2) is 89.7 Å². The summed E-state index contributed by atoms with van der Waals surface area (Å²) in [6.07, 6.45) is 3.20. The van der Waals surface area contributed by atoms with Crippen LogP contribution in [-0.4, -0.2) is 27.6 Å². The summed E-state index contributed by atoms with van der Waals surface area (Å²) in [6.45, 7) is 1.43. The number of cyclic esters (lactones) is 1. The van der Waals surface area contributed by atoms with Gasteiger partial charge in [0, 0.05) is 29.8 Å². The van der Waals surface area contributed by atoms with Crippen molar-refractivity contribution in [3.05, 3.63) is 95.8 Å². The second-order valence-corrected chi connectivity index (χ2v) is 7.13. The van der Waals surface area contributed by atoms with Gasteiger partial charge in [0.15, 0.2) is 5.70 Å². The van der Waals surface area contributed by atoms with E-state index < -0.39 is 5.97 Å². The lowest BCUT2D eigenvalue weighted by Gasteiger charge is -2.04. The molecule has 0 radical (unpaired) electrons. The molecule has 4 aromatic rings. The van der Waals surface area contributed by atoms with Crippen LogP contribution >= 0.6 is 0 Å². The lowest BCUT2D eigenvalue weighted by Crippen LogP contribution is -2.06. The highest BCUT2D eigenvalue weighted by Gasteiger charge is 2.26. The summed E-state index contributed by atoms with van der Waals surface area (Å²) in [6, 6.07) is 23.1. The normalized spacial score (nSPS) is 14.7. The van der Waals surface area contributed by atoms with Crippen molar-refractivity contribution in [2.24, 2.45) is 4.99 Å². The third-order valence-electron chi connectivity index (χ3n) is 5.05. The van der Waals surface area contributed by atoms with Crippen molar-refractivity contribution >= 4 is 34.6 Å². The van der Waals surface area contributed by atoms with E-state index in [9.17, 15) is 9.59 Å². The number of nitrogens with zero attached hydrogens (tertiary/aromatic N) is 3. The molecule has 0 unspecified atom stereocenters. The molecular formula is C25H17N3O3. The van der Waals surface area contributed by atoms with Crippen molar-refractivity contribution in [1.29, 1.82) is 0 Å². The molecule has 0 saturated carbocycles. The molecule has 2 heterocycles. The first-order chi connectivity index (χ1) is 15.1. The molecule has 0 bridgehead atoms. The van der Waals surface area contributed by atoms with Crippen molar-refractivity contribution in [2.45, 2.75) is 6.92 Å². The Labute approximate surface area is 178 Å². The number of carbonyl (C=O) groups is 2. The summed E-state index contributed by atoms with van der Waals surface area (Å²) in [5, 5.41) is 6.37. The lowest BCUT2D eigenvalue weighted by atomic mass is 10.0. The summed E-state index contributed by atoms with van der Waals surface area (Å²) in [7, 11) is 0. The Hall–Kier alpha value is -4.32. The van der Waals surface area contributed by atoms with Crippen LogP contribution in [0.25, 0.3) is 28.1 Å². The lowest BCUT2D eigenvalue weighted by molar-refractivity contribution is -0.129. The number of ether oxygens (including phenoxy) is 1. The fraction of sp³-hybridized carbons (Fsp3) is 0.0400. The Bertz CT molecular complexity index is 1390. The second-order valence-electron chi connectivity index (χ2n) is 7.13. The number of hydrogen-bond donors (Lipinski definition) is 0. The summed E-state index contributed by atoms with van der Waals surface area (Å²) >= 11 is 0. The first-order valence-electron chi connectivity index (χ1n) is 9.77. The van der Waals surface area contributed by atoms with Crippen molar-refractivity contribution in [2.75, 3.05) is 0 Å². The Morgan fingerprint density at radius 2 is 1.71 bits per heavy atom. The van der Waals surface area contributed by atoms with Gasteiger partial charge in [-0.05, 0) is 22.9 Å². The zero-order valence-electron chi connectivity index (χ0n) is 16.6. The number of rotatable bonds is 3. The predicted octanol–water partition coefficient (Wildman–Crippen LogP) is 4.71. The van der Waals surface area contributed by atoms with E-state index in [1.54, 1.807) is 12.3 Å². The van der Waals surface area contributed by atoms with Crippen LogP contribution in [0.4, 0.5) is 0 Å². The Balaban J connectivity index is 1.61. The quantitative estimate of drug-likeness (QED) is 0.364. The highest BCUT2D eigenvalue weighted by molar-refractivity contribution is 6.17. The first-order valence-corrected chi connectivity index (χ1v) is 9.77. The number of carbonyl (C=O) groups excluding carboxylic acids is 2. The van der Waals surface area contributed by atoms with Gasteiger partial charge >= 0.3 is 5.97 Å². The third-order valence-corrected chi connectivity index (χ3v) is 5.05. The van der Waals surface area contributed by atoms with Crippen LogP contribution in [0, 0.1) is 0 Å². The molecule has 0 aliphatic carbocycles. The van der Waals surface area contributed by atoms with Gasteiger partial charge in [0.1, 0.15) is 5.69 Å². The molecule has 6 heteroatoms. The van der Waals surface area contributed by atoms with E-state index >= 15 is 0 Å². The highest BCUT2D eigenvalue weighted by atomic mass is 16.6.